The summed E-state index contributed by atoms with van der Waals surface area (Å²) in [5.41, 5.74) is 3.45. The highest BCUT2D eigenvalue weighted by Gasteiger charge is 2.35. The van der Waals surface area contributed by atoms with E-state index in [0.717, 1.165) is 16.8 Å². The molecule has 1 fully saturated rings. The fraction of sp³-hybridized carbons (Fsp3) is 0.300. The first-order valence-corrected chi connectivity index (χ1v) is 8.71. The average Bonchev–Trinajstić information content (AvgIpc) is 2.57. The fourth-order valence-electron chi connectivity index (χ4n) is 3.25. The Bertz CT molecular complexity index is 834. The molecule has 2 aromatic carbocycles. The molecule has 0 aromatic heterocycles. The van der Waals surface area contributed by atoms with Gasteiger partial charge in [-0.05, 0) is 56.7 Å². The van der Waals surface area contributed by atoms with Crippen LogP contribution < -0.4 is 4.90 Å². The molecule has 1 unspecified atom stereocenters. The largest absolute Gasteiger partial charge is 0.325 e. The zero-order valence-corrected chi connectivity index (χ0v) is 15.4. The lowest BCUT2D eigenvalue weighted by molar-refractivity contribution is -0.124. The van der Waals surface area contributed by atoms with E-state index in [4.69, 9.17) is 11.6 Å². The molecule has 5 heteroatoms. The van der Waals surface area contributed by atoms with Crippen molar-refractivity contribution in [1.82, 2.24) is 4.90 Å². The van der Waals surface area contributed by atoms with Crippen molar-refractivity contribution in [3.8, 4) is 0 Å². The summed E-state index contributed by atoms with van der Waals surface area (Å²) in [6.45, 7) is 6.65. The van der Waals surface area contributed by atoms with Crippen LogP contribution in [0.1, 0.15) is 28.4 Å². The van der Waals surface area contributed by atoms with Crippen LogP contribution in [-0.2, 0) is 4.79 Å². The zero-order chi connectivity index (χ0) is 18.1. The van der Waals surface area contributed by atoms with Gasteiger partial charge < -0.3 is 9.80 Å². The average molecular weight is 357 g/mol. The van der Waals surface area contributed by atoms with E-state index in [1.54, 1.807) is 28.9 Å². The van der Waals surface area contributed by atoms with Gasteiger partial charge in [0, 0.05) is 29.4 Å². The van der Waals surface area contributed by atoms with E-state index < -0.39 is 6.04 Å². The van der Waals surface area contributed by atoms with Crippen molar-refractivity contribution < 1.29 is 9.59 Å². The van der Waals surface area contributed by atoms with Crippen LogP contribution in [0.2, 0.25) is 5.02 Å². The highest BCUT2D eigenvalue weighted by Crippen LogP contribution is 2.27. The molecule has 0 spiro atoms. The lowest BCUT2D eigenvalue weighted by Gasteiger charge is -2.39. The number of amides is 2. The predicted molar refractivity (Wildman–Crippen MR) is 100 cm³/mol. The van der Waals surface area contributed by atoms with Crippen molar-refractivity contribution in [2.24, 2.45) is 0 Å². The summed E-state index contributed by atoms with van der Waals surface area (Å²) in [4.78, 5) is 29.1. The highest BCUT2D eigenvalue weighted by atomic mass is 35.5. The molecule has 0 radical (unpaired) electrons. The molecule has 2 aromatic rings. The summed E-state index contributed by atoms with van der Waals surface area (Å²) in [6.07, 6.45) is 0. The Morgan fingerprint density at radius 2 is 1.88 bits per heavy atom. The van der Waals surface area contributed by atoms with Crippen molar-refractivity contribution in [2.45, 2.75) is 26.8 Å². The SMILES string of the molecule is Cc1cccc(C(=O)N2CCN(c3ccc(Cl)cc3C)C(=O)C2C)c1. The van der Waals surface area contributed by atoms with Gasteiger partial charge in [0.25, 0.3) is 5.91 Å². The van der Waals surface area contributed by atoms with Crippen LogP contribution in [0.25, 0.3) is 0 Å². The number of piperazine rings is 1. The maximum Gasteiger partial charge on any atom is 0.254 e. The number of halogens is 1. The lowest BCUT2D eigenvalue weighted by Crippen LogP contribution is -2.57. The molecule has 0 aliphatic carbocycles. The normalized spacial score (nSPS) is 17.8. The number of anilines is 1. The Morgan fingerprint density at radius 3 is 2.56 bits per heavy atom. The second kappa shape index (κ2) is 6.89. The smallest absolute Gasteiger partial charge is 0.254 e. The Kier molecular flexibility index (Phi) is 4.82. The number of carbonyl (C=O) groups excluding carboxylic acids is 2. The number of carbonyl (C=O) groups is 2. The Morgan fingerprint density at radius 1 is 1.12 bits per heavy atom. The van der Waals surface area contributed by atoms with Gasteiger partial charge in [0.15, 0.2) is 0 Å². The number of hydrogen-bond acceptors (Lipinski definition) is 2. The van der Waals surface area contributed by atoms with Gasteiger partial charge in [-0.2, -0.15) is 0 Å². The molecule has 2 amide bonds. The van der Waals surface area contributed by atoms with Crippen LogP contribution in [0.3, 0.4) is 0 Å². The van der Waals surface area contributed by atoms with Crippen LogP contribution >= 0.6 is 11.6 Å². The van der Waals surface area contributed by atoms with Gasteiger partial charge in [-0.25, -0.2) is 0 Å². The fourth-order valence-corrected chi connectivity index (χ4v) is 3.48. The minimum Gasteiger partial charge on any atom is -0.325 e. The van der Waals surface area contributed by atoms with Gasteiger partial charge in [-0.1, -0.05) is 29.3 Å². The molecule has 1 heterocycles. The third kappa shape index (κ3) is 3.40. The van der Waals surface area contributed by atoms with E-state index in [9.17, 15) is 9.59 Å². The standard InChI is InChI=1S/C20H21ClN2O2/c1-13-5-4-6-16(11-13)20(25)22-9-10-23(19(24)15(22)3)18-8-7-17(21)12-14(18)2/h4-8,11-12,15H,9-10H2,1-3H3. The third-order valence-corrected chi connectivity index (χ3v) is 4.87. The molecule has 1 saturated heterocycles. The summed E-state index contributed by atoms with van der Waals surface area (Å²) >= 11 is 6.01. The maximum atomic E-state index is 12.9. The summed E-state index contributed by atoms with van der Waals surface area (Å²) in [6, 6.07) is 12.5. The molecule has 0 bridgehead atoms. The van der Waals surface area contributed by atoms with E-state index in [1.807, 2.05) is 44.2 Å². The first-order valence-electron chi connectivity index (χ1n) is 8.33. The Labute approximate surface area is 153 Å². The van der Waals surface area contributed by atoms with Gasteiger partial charge >= 0.3 is 0 Å². The molecule has 3 rings (SSSR count). The van der Waals surface area contributed by atoms with E-state index in [-0.39, 0.29) is 11.8 Å². The first-order chi connectivity index (χ1) is 11.9. The van der Waals surface area contributed by atoms with E-state index >= 15 is 0 Å². The Hall–Kier alpha value is -2.33. The van der Waals surface area contributed by atoms with Crippen LogP contribution in [-0.4, -0.2) is 35.8 Å². The Balaban J connectivity index is 1.83. The van der Waals surface area contributed by atoms with E-state index in [1.165, 1.54) is 0 Å². The molecule has 130 valence electrons. The number of rotatable bonds is 2. The number of hydrogen-bond donors (Lipinski definition) is 0. The van der Waals surface area contributed by atoms with Crippen LogP contribution in [0, 0.1) is 13.8 Å². The molecule has 25 heavy (non-hydrogen) atoms. The number of benzene rings is 2. The van der Waals surface area contributed by atoms with Gasteiger partial charge in [0.2, 0.25) is 5.91 Å². The van der Waals surface area contributed by atoms with Gasteiger partial charge in [0.1, 0.15) is 6.04 Å². The second-order valence-electron chi connectivity index (χ2n) is 6.46. The third-order valence-electron chi connectivity index (χ3n) is 4.63. The van der Waals surface area contributed by atoms with Gasteiger partial charge in [-0.15, -0.1) is 0 Å². The van der Waals surface area contributed by atoms with Crippen molar-refractivity contribution in [2.75, 3.05) is 18.0 Å². The maximum absolute atomic E-state index is 12.9. The summed E-state index contributed by atoms with van der Waals surface area (Å²) in [5.74, 6) is -0.172. The molecule has 0 N–H and O–H groups in total. The minimum atomic E-state index is -0.503. The zero-order valence-electron chi connectivity index (χ0n) is 14.6. The lowest BCUT2D eigenvalue weighted by atomic mass is 10.1. The topological polar surface area (TPSA) is 40.6 Å². The number of aryl methyl sites for hydroxylation is 2. The van der Waals surface area contributed by atoms with Crippen LogP contribution in [0.15, 0.2) is 42.5 Å². The monoisotopic (exact) mass is 356 g/mol. The van der Waals surface area contributed by atoms with Crippen molar-refractivity contribution in [3.05, 3.63) is 64.2 Å². The van der Waals surface area contributed by atoms with Gasteiger partial charge in [-0.3, -0.25) is 9.59 Å². The van der Waals surface area contributed by atoms with E-state index in [0.29, 0.717) is 23.7 Å². The summed E-state index contributed by atoms with van der Waals surface area (Å²) in [7, 11) is 0. The highest BCUT2D eigenvalue weighted by molar-refractivity contribution is 6.30. The quantitative estimate of drug-likeness (QED) is 0.820. The molecule has 0 saturated carbocycles. The molecule has 1 aliphatic rings. The van der Waals surface area contributed by atoms with Crippen molar-refractivity contribution >= 4 is 29.1 Å². The van der Waals surface area contributed by atoms with E-state index in [2.05, 4.69) is 0 Å². The minimum absolute atomic E-state index is 0.0716. The van der Waals surface area contributed by atoms with Crippen molar-refractivity contribution in [3.63, 3.8) is 0 Å². The van der Waals surface area contributed by atoms with Gasteiger partial charge in [0.05, 0.1) is 0 Å². The summed E-state index contributed by atoms with van der Waals surface area (Å²) < 4.78 is 0. The molecule has 1 aliphatic heterocycles. The summed E-state index contributed by atoms with van der Waals surface area (Å²) in [5, 5.41) is 0.648. The molecular formula is C20H21ClN2O2. The van der Waals surface area contributed by atoms with Crippen LogP contribution in [0.4, 0.5) is 5.69 Å². The first kappa shape index (κ1) is 17.5. The van der Waals surface area contributed by atoms with Crippen molar-refractivity contribution in [1.29, 1.82) is 0 Å². The van der Waals surface area contributed by atoms with Crippen LogP contribution in [0.5, 0.6) is 0 Å². The molecular weight excluding hydrogens is 336 g/mol. The second-order valence-corrected chi connectivity index (χ2v) is 6.90. The predicted octanol–water partition coefficient (Wildman–Crippen LogP) is 3.83. The molecule has 4 nitrogen and oxygen atoms in total. The number of nitrogens with zero attached hydrogens (tertiary/aromatic N) is 2. The molecule has 1 atom stereocenters.